The predicted molar refractivity (Wildman–Crippen MR) is 165 cm³/mol. The number of H-pyrrole nitrogens is 1. The standard InChI is InChI=1S/C31H36N8O2/c1-3-27(40)33-23-8-7-9-25(20-23)41-30-28-26(39-14-5-4-6-15-39)21-32-29(28)35-31(36-30)34-22-10-12-24(13-11-22)38-18-16-37(2)17-19-38/h3,7-13,20-21H,1,4-6,14-19H2,2H3,(H,33,40)(H2,32,34,35,36). The Bertz CT molecular complexity index is 1520. The molecule has 4 aromatic rings. The van der Waals surface area contributed by atoms with Crippen molar-refractivity contribution < 1.29 is 9.53 Å². The third-order valence-electron chi connectivity index (χ3n) is 7.67. The Hall–Kier alpha value is -4.57. The molecule has 2 saturated heterocycles. The van der Waals surface area contributed by atoms with E-state index in [9.17, 15) is 4.79 Å². The summed E-state index contributed by atoms with van der Waals surface area (Å²) < 4.78 is 6.40. The van der Waals surface area contributed by atoms with Gasteiger partial charge in [-0.3, -0.25) is 4.79 Å². The molecular weight excluding hydrogens is 516 g/mol. The van der Waals surface area contributed by atoms with Crippen molar-refractivity contribution in [3.05, 3.63) is 67.4 Å². The molecule has 3 N–H and O–H groups in total. The number of nitrogens with one attached hydrogen (secondary N) is 3. The number of nitrogens with zero attached hydrogens (tertiary/aromatic N) is 5. The lowest BCUT2D eigenvalue weighted by Crippen LogP contribution is -2.44. The fraction of sp³-hybridized carbons (Fsp3) is 0.323. The van der Waals surface area contributed by atoms with Crippen LogP contribution in [0.25, 0.3) is 11.0 Å². The number of aromatic nitrogens is 3. The highest BCUT2D eigenvalue weighted by atomic mass is 16.5. The number of hydrogen-bond acceptors (Lipinski definition) is 8. The molecule has 10 heteroatoms. The van der Waals surface area contributed by atoms with Crippen LogP contribution in [0.15, 0.2) is 67.4 Å². The van der Waals surface area contributed by atoms with Crippen molar-refractivity contribution in [3.63, 3.8) is 0 Å². The SMILES string of the molecule is C=CC(=O)Nc1cccc(Oc2nc(Nc3ccc(N4CCN(C)CC4)cc3)nc3[nH]cc(N4CCCCC4)c23)c1. The van der Waals surface area contributed by atoms with E-state index in [1.165, 1.54) is 18.2 Å². The quantitative estimate of drug-likeness (QED) is 0.251. The first-order chi connectivity index (χ1) is 20.1. The number of piperazine rings is 1. The van der Waals surface area contributed by atoms with E-state index in [2.05, 4.69) is 68.2 Å². The minimum Gasteiger partial charge on any atom is -0.438 e. The van der Waals surface area contributed by atoms with Crippen molar-refractivity contribution in [1.29, 1.82) is 0 Å². The van der Waals surface area contributed by atoms with Crippen LogP contribution >= 0.6 is 0 Å². The highest BCUT2D eigenvalue weighted by molar-refractivity contribution is 5.99. The first-order valence-corrected chi connectivity index (χ1v) is 14.2. The van der Waals surface area contributed by atoms with Crippen LogP contribution in [-0.2, 0) is 4.79 Å². The van der Waals surface area contributed by atoms with Crippen LogP contribution in [0.2, 0.25) is 0 Å². The Morgan fingerprint density at radius 3 is 2.49 bits per heavy atom. The van der Waals surface area contributed by atoms with Gasteiger partial charge in [-0.25, -0.2) is 0 Å². The molecule has 2 aromatic heterocycles. The maximum atomic E-state index is 11.8. The van der Waals surface area contributed by atoms with Crippen LogP contribution < -0.4 is 25.2 Å². The molecule has 2 fully saturated rings. The van der Waals surface area contributed by atoms with E-state index >= 15 is 0 Å². The molecule has 0 saturated carbocycles. The molecule has 2 aliphatic rings. The molecule has 0 aliphatic carbocycles. The molecule has 212 valence electrons. The molecule has 1 amide bonds. The normalized spacial score (nSPS) is 16.0. The zero-order valence-electron chi connectivity index (χ0n) is 23.4. The molecule has 2 aromatic carbocycles. The Balaban J connectivity index is 1.30. The van der Waals surface area contributed by atoms with Crippen molar-refractivity contribution >= 4 is 45.6 Å². The van der Waals surface area contributed by atoms with Gasteiger partial charge in [0.2, 0.25) is 17.7 Å². The van der Waals surface area contributed by atoms with Gasteiger partial charge in [0.15, 0.2) is 0 Å². The van der Waals surface area contributed by atoms with Gasteiger partial charge in [0.05, 0.1) is 5.69 Å². The van der Waals surface area contributed by atoms with Crippen LogP contribution in [0.5, 0.6) is 11.6 Å². The van der Waals surface area contributed by atoms with Gasteiger partial charge in [0.25, 0.3) is 0 Å². The van der Waals surface area contributed by atoms with Crippen molar-refractivity contribution in [1.82, 2.24) is 19.9 Å². The zero-order chi connectivity index (χ0) is 28.2. The van der Waals surface area contributed by atoms with Gasteiger partial charge in [0.1, 0.15) is 16.8 Å². The molecule has 0 spiro atoms. The monoisotopic (exact) mass is 552 g/mol. The number of fused-ring (bicyclic) bond motifs is 1. The molecule has 10 nitrogen and oxygen atoms in total. The van der Waals surface area contributed by atoms with Crippen LogP contribution in [0.4, 0.5) is 28.7 Å². The molecule has 0 atom stereocenters. The maximum Gasteiger partial charge on any atom is 0.247 e. The number of benzene rings is 2. The lowest BCUT2D eigenvalue weighted by Gasteiger charge is -2.34. The lowest BCUT2D eigenvalue weighted by molar-refractivity contribution is -0.111. The van der Waals surface area contributed by atoms with Gasteiger partial charge in [-0.15, -0.1) is 0 Å². The van der Waals surface area contributed by atoms with E-state index in [1.807, 2.05) is 18.3 Å². The first kappa shape index (κ1) is 26.6. The number of amides is 1. The smallest absolute Gasteiger partial charge is 0.247 e. The third-order valence-corrected chi connectivity index (χ3v) is 7.67. The molecule has 6 rings (SSSR count). The van der Waals surface area contributed by atoms with Gasteiger partial charge < -0.3 is 35.1 Å². The van der Waals surface area contributed by atoms with Crippen LogP contribution in [0, 0.1) is 0 Å². The summed E-state index contributed by atoms with van der Waals surface area (Å²) in [5.41, 5.74) is 4.45. The fourth-order valence-electron chi connectivity index (χ4n) is 5.39. The molecular formula is C31H36N8O2. The Morgan fingerprint density at radius 1 is 0.951 bits per heavy atom. The molecule has 2 aliphatic heterocycles. The van der Waals surface area contributed by atoms with Gasteiger partial charge in [0, 0.05) is 68.6 Å². The number of ether oxygens (including phenoxy) is 1. The van der Waals surface area contributed by atoms with Gasteiger partial charge in [-0.2, -0.15) is 9.97 Å². The average Bonchev–Trinajstić information content (AvgIpc) is 3.43. The Kier molecular flexibility index (Phi) is 7.73. The fourth-order valence-corrected chi connectivity index (χ4v) is 5.39. The zero-order valence-corrected chi connectivity index (χ0v) is 23.4. The molecule has 0 unspecified atom stereocenters. The minimum absolute atomic E-state index is 0.283. The highest BCUT2D eigenvalue weighted by Gasteiger charge is 2.22. The number of rotatable bonds is 8. The minimum atomic E-state index is -0.283. The molecule has 0 radical (unpaired) electrons. The molecule has 0 bridgehead atoms. The van der Waals surface area contributed by atoms with E-state index in [0.29, 0.717) is 28.9 Å². The van der Waals surface area contributed by atoms with Gasteiger partial charge in [-0.05, 0) is 68.8 Å². The molecule has 4 heterocycles. The summed E-state index contributed by atoms with van der Waals surface area (Å²) in [6.07, 6.45) is 6.77. The van der Waals surface area contributed by atoms with Crippen LogP contribution in [0.3, 0.4) is 0 Å². The summed E-state index contributed by atoms with van der Waals surface area (Å²) in [5, 5.41) is 6.98. The Morgan fingerprint density at radius 2 is 1.73 bits per heavy atom. The molecule has 41 heavy (non-hydrogen) atoms. The van der Waals surface area contributed by atoms with E-state index in [0.717, 1.165) is 68.9 Å². The number of piperidine rings is 1. The predicted octanol–water partition coefficient (Wildman–Crippen LogP) is 5.36. The van der Waals surface area contributed by atoms with E-state index < -0.39 is 0 Å². The first-order valence-electron chi connectivity index (χ1n) is 14.2. The van der Waals surface area contributed by atoms with Crippen LogP contribution in [0.1, 0.15) is 19.3 Å². The topological polar surface area (TPSA) is 102 Å². The average molecular weight is 553 g/mol. The number of likely N-dealkylation sites (N-methyl/N-ethyl adjacent to an activating group) is 1. The third kappa shape index (κ3) is 6.12. The summed E-state index contributed by atoms with van der Waals surface area (Å²) in [6.45, 7) is 9.66. The maximum absolute atomic E-state index is 11.8. The number of anilines is 5. The second kappa shape index (κ2) is 11.9. The second-order valence-electron chi connectivity index (χ2n) is 10.6. The number of hydrogen-bond donors (Lipinski definition) is 3. The van der Waals surface area contributed by atoms with E-state index in [4.69, 9.17) is 14.7 Å². The summed E-state index contributed by atoms with van der Waals surface area (Å²) in [5.74, 6) is 1.15. The summed E-state index contributed by atoms with van der Waals surface area (Å²) in [7, 11) is 2.16. The highest BCUT2D eigenvalue weighted by Crippen LogP contribution is 2.37. The van der Waals surface area contributed by atoms with Gasteiger partial charge in [-0.1, -0.05) is 12.6 Å². The number of carbonyl (C=O) groups is 1. The van der Waals surface area contributed by atoms with Crippen molar-refractivity contribution in [2.45, 2.75) is 19.3 Å². The number of carbonyl (C=O) groups excluding carboxylic acids is 1. The van der Waals surface area contributed by atoms with Gasteiger partial charge >= 0.3 is 0 Å². The van der Waals surface area contributed by atoms with E-state index in [-0.39, 0.29) is 5.91 Å². The van der Waals surface area contributed by atoms with Crippen LogP contribution in [-0.4, -0.2) is 72.1 Å². The summed E-state index contributed by atoms with van der Waals surface area (Å²) >= 11 is 0. The van der Waals surface area contributed by atoms with E-state index in [1.54, 1.807) is 12.1 Å². The van der Waals surface area contributed by atoms with Crippen molar-refractivity contribution in [3.8, 4) is 11.6 Å². The second-order valence-corrected chi connectivity index (χ2v) is 10.6. The summed E-state index contributed by atoms with van der Waals surface area (Å²) in [6, 6.07) is 15.6. The van der Waals surface area contributed by atoms with Crippen molar-refractivity contribution in [2.24, 2.45) is 0 Å². The van der Waals surface area contributed by atoms with Crippen molar-refractivity contribution in [2.75, 3.05) is 66.7 Å². The largest absolute Gasteiger partial charge is 0.438 e. The number of aromatic amines is 1. The summed E-state index contributed by atoms with van der Waals surface area (Å²) in [4.78, 5) is 32.0. The Labute approximate surface area is 240 Å². The lowest BCUT2D eigenvalue weighted by atomic mass is 10.1.